The van der Waals surface area contributed by atoms with Crippen LogP contribution in [0.1, 0.15) is 22.3 Å². The van der Waals surface area contributed by atoms with Crippen molar-refractivity contribution in [3.8, 4) is 6.07 Å². The first-order valence-electron chi connectivity index (χ1n) is 6.83. The van der Waals surface area contributed by atoms with E-state index in [9.17, 15) is 9.59 Å². The van der Waals surface area contributed by atoms with Crippen LogP contribution in [0.25, 0.3) is 6.08 Å². The van der Waals surface area contributed by atoms with Crippen LogP contribution in [-0.2, 0) is 9.53 Å². The molecule has 0 atom stereocenters. The van der Waals surface area contributed by atoms with Gasteiger partial charge in [0.2, 0.25) is 0 Å². The third-order valence-electron chi connectivity index (χ3n) is 2.89. The highest BCUT2D eigenvalue weighted by molar-refractivity contribution is 6.01. The lowest BCUT2D eigenvalue weighted by atomic mass is 10.1. The van der Waals surface area contributed by atoms with Gasteiger partial charge in [-0.1, -0.05) is 12.1 Å². The summed E-state index contributed by atoms with van der Waals surface area (Å²) in [6.07, 6.45) is 2.17. The number of rotatable bonds is 7. The number of carbonyl (C=O) groups excluding carboxylic acids is 2. The van der Waals surface area contributed by atoms with E-state index >= 15 is 0 Å². The minimum absolute atomic E-state index is 0.0186. The van der Waals surface area contributed by atoms with Crippen LogP contribution < -0.4 is 10.6 Å². The first kappa shape index (κ1) is 17.4. The van der Waals surface area contributed by atoms with E-state index in [1.807, 2.05) is 6.07 Å². The Hall–Kier alpha value is -2.65. The molecule has 6 nitrogen and oxygen atoms in total. The molecular weight excluding hydrogens is 282 g/mol. The summed E-state index contributed by atoms with van der Waals surface area (Å²) < 4.78 is 4.88. The molecule has 0 bridgehead atoms. The Kier molecular flexibility index (Phi) is 7.37. The number of hydrogen-bond donors (Lipinski definition) is 2. The fourth-order valence-corrected chi connectivity index (χ4v) is 1.70. The number of benzene rings is 1. The first-order chi connectivity index (χ1) is 10.6. The van der Waals surface area contributed by atoms with Gasteiger partial charge in [0.05, 0.1) is 0 Å². The van der Waals surface area contributed by atoms with Crippen molar-refractivity contribution < 1.29 is 14.3 Å². The Morgan fingerprint density at radius 3 is 2.55 bits per heavy atom. The number of amides is 2. The predicted octanol–water partition coefficient (Wildman–Crippen LogP) is 1.11. The maximum Gasteiger partial charge on any atom is 0.261 e. The molecule has 0 spiro atoms. The van der Waals surface area contributed by atoms with Crippen molar-refractivity contribution in [2.75, 3.05) is 27.3 Å². The lowest BCUT2D eigenvalue weighted by Crippen LogP contribution is -2.26. The summed E-state index contributed by atoms with van der Waals surface area (Å²) in [6.45, 7) is 0.994. The smallest absolute Gasteiger partial charge is 0.261 e. The number of nitrogens with zero attached hydrogens (tertiary/aromatic N) is 1. The zero-order chi connectivity index (χ0) is 16.4. The van der Waals surface area contributed by atoms with E-state index < -0.39 is 5.91 Å². The van der Waals surface area contributed by atoms with Gasteiger partial charge in [-0.3, -0.25) is 9.59 Å². The Bertz CT molecular complexity index is 586. The van der Waals surface area contributed by atoms with Crippen LogP contribution in [0.2, 0.25) is 0 Å². The van der Waals surface area contributed by atoms with Crippen molar-refractivity contribution in [2.45, 2.75) is 6.42 Å². The molecular formula is C16H19N3O3. The van der Waals surface area contributed by atoms with Gasteiger partial charge in [0.15, 0.2) is 0 Å². The standard InChI is InChI=1S/C16H19N3O3/c1-18-15(20)13-6-4-12(5-7-13)10-14(11-17)16(21)19-8-3-9-22-2/h4-7,10H,3,8-9H2,1-2H3,(H,18,20)(H,19,21). The van der Waals surface area contributed by atoms with Crippen molar-refractivity contribution in [3.63, 3.8) is 0 Å². The fourth-order valence-electron chi connectivity index (χ4n) is 1.70. The zero-order valence-electron chi connectivity index (χ0n) is 12.7. The van der Waals surface area contributed by atoms with E-state index in [0.29, 0.717) is 30.7 Å². The normalized spacial score (nSPS) is 10.7. The molecule has 0 unspecified atom stereocenters. The number of ether oxygens (including phenoxy) is 1. The maximum absolute atomic E-state index is 11.9. The third kappa shape index (κ3) is 5.38. The molecule has 0 radical (unpaired) electrons. The van der Waals surface area contributed by atoms with E-state index in [0.717, 1.165) is 0 Å². The summed E-state index contributed by atoms with van der Waals surface area (Å²) in [5, 5.41) is 14.3. The minimum atomic E-state index is -0.422. The summed E-state index contributed by atoms with van der Waals surface area (Å²) in [6, 6.07) is 8.51. The summed E-state index contributed by atoms with van der Waals surface area (Å²) in [5.41, 5.74) is 1.21. The highest BCUT2D eigenvalue weighted by Gasteiger charge is 2.08. The Morgan fingerprint density at radius 2 is 2.00 bits per heavy atom. The molecule has 0 aliphatic carbocycles. The average molecular weight is 301 g/mol. The molecule has 1 rings (SSSR count). The molecule has 0 aliphatic rings. The number of carbonyl (C=O) groups is 2. The van der Waals surface area contributed by atoms with Crippen LogP contribution in [0.15, 0.2) is 29.8 Å². The highest BCUT2D eigenvalue weighted by Crippen LogP contribution is 2.09. The largest absolute Gasteiger partial charge is 0.385 e. The molecule has 0 heterocycles. The number of nitrogens with one attached hydrogen (secondary N) is 2. The molecule has 0 fully saturated rings. The topological polar surface area (TPSA) is 91.2 Å². The molecule has 22 heavy (non-hydrogen) atoms. The summed E-state index contributed by atoms with van der Waals surface area (Å²) in [7, 11) is 3.14. The monoisotopic (exact) mass is 301 g/mol. The van der Waals surface area contributed by atoms with Gasteiger partial charge in [-0.05, 0) is 30.2 Å². The van der Waals surface area contributed by atoms with Crippen LogP contribution in [0.4, 0.5) is 0 Å². The summed E-state index contributed by atoms with van der Waals surface area (Å²) in [4.78, 5) is 23.3. The Balaban J connectivity index is 2.73. The van der Waals surface area contributed by atoms with E-state index in [1.54, 1.807) is 38.4 Å². The molecule has 0 saturated carbocycles. The summed E-state index contributed by atoms with van der Waals surface area (Å²) in [5.74, 6) is -0.610. The molecule has 0 saturated heterocycles. The zero-order valence-corrected chi connectivity index (χ0v) is 12.7. The average Bonchev–Trinajstić information content (AvgIpc) is 2.56. The third-order valence-corrected chi connectivity index (χ3v) is 2.89. The van der Waals surface area contributed by atoms with Crippen molar-refractivity contribution in [2.24, 2.45) is 0 Å². The molecule has 0 aliphatic heterocycles. The SMILES string of the molecule is CNC(=O)c1ccc(C=C(C#N)C(=O)NCCCOC)cc1. The second kappa shape index (κ2) is 9.32. The summed E-state index contributed by atoms with van der Waals surface area (Å²) >= 11 is 0. The van der Waals surface area contributed by atoms with Gasteiger partial charge in [-0.15, -0.1) is 0 Å². The molecule has 1 aromatic rings. The van der Waals surface area contributed by atoms with Gasteiger partial charge in [0.25, 0.3) is 11.8 Å². The van der Waals surface area contributed by atoms with Crippen LogP contribution in [0.3, 0.4) is 0 Å². The van der Waals surface area contributed by atoms with Crippen molar-refractivity contribution in [1.82, 2.24) is 10.6 Å². The Labute approximate surface area is 129 Å². The second-order valence-electron chi connectivity index (χ2n) is 4.47. The van der Waals surface area contributed by atoms with Crippen LogP contribution in [-0.4, -0.2) is 39.1 Å². The molecule has 0 aromatic heterocycles. The molecule has 116 valence electrons. The Morgan fingerprint density at radius 1 is 1.32 bits per heavy atom. The quantitative estimate of drug-likeness (QED) is 0.448. The van der Waals surface area contributed by atoms with Crippen molar-refractivity contribution >= 4 is 17.9 Å². The van der Waals surface area contributed by atoms with E-state index in [2.05, 4.69) is 10.6 Å². The number of methoxy groups -OCH3 is 1. The van der Waals surface area contributed by atoms with Crippen molar-refractivity contribution in [1.29, 1.82) is 5.26 Å². The molecule has 2 N–H and O–H groups in total. The van der Waals surface area contributed by atoms with Gasteiger partial charge >= 0.3 is 0 Å². The van der Waals surface area contributed by atoms with Gasteiger partial charge in [-0.2, -0.15) is 5.26 Å². The van der Waals surface area contributed by atoms with Gasteiger partial charge in [-0.25, -0.2) is 0 Å². The fraction of sp³-hybridized carbons (Fsp3) is 0.312. The lowest BCUT2D eigenvalue weighted by molar-refractivity contribution is -0.117. The molecule has 1 aromatic carbocycles. The lowest BCUT2D eigenvalue weighted by Gasteiger charge is -2.04. The minimum Gasteiger partial charge on any atom is -0.385 e. The van der Waals surface area contributed by atoms with Crippen LogP contribution >= 0.6 is 0 Å². The predicted molar refractivity (Wildman–Crippen MR) is 82.9 cm³/mol. The van der Waals surface area contributed by atoms with E-state index in [1.165, 1.54) is 6.08 Å². The van der Waals surface area contributed by atoms with Crippen molar-refractivity contribution in [3.05, 3.63) is 41.0 Å². The highest BCUT2D eigenvalue weighted by atomic mass is 16.5. The van der Waals surface area contributed by atoms with Crippen LogP contribution in [0, 0.1) is 11.3 Å². The van der Waals surface area contributed by atoms with E-state index in [-0.39, 0.29) is 11.5 Å². The molecule has 2 amide bonds. The first-order valence-corrected chi connectivity index (χ1v) is 6.83. The van der Waals surface area contributed by atoms with Gasteiger partial charge in [0.1, 0.15) is 11.6 Å². The number of nitriles is 1. The molecule has 6 heteroatoms. The van der Waals surface area contributed by atoms with Gasteiger partial charge in [0, 0.05) is 32.9 Å². The maximum atomic E-state index is 11.9. The van der Waals surface area contributed by atoms with Gasteiger partial charge < -0.3 is 15.4 Å². The van der Waals surface area contributed by atoms with E-state index in [4.69, 9.17) is 10.00 Å². The second-order valence-corrected chi connectivity index (χ2v) is 4.47. The van der Waals surface area contributed by atoms with Crippen LogP contribution in [0.5, 0.6) is 0 Å². The number of hydrogen-bond acceptors (Lipinski definition) is 4.